The molecule has 3 rings (SSSR count). The third kappa shape index (κ3) is 3.35. The van der Waals surface area contributed by atoms with E-state index in [0.29, 0.717) is 30.9 Å². The number of fused-ring (bicyclic) bond motifs is 1. The van der Waals surface area contributed by atoms with Crippen molar-refractivity contribution in [3.8, 4) is 5.75 Å². The quantitative estimate of drug-likeness (QED) is 0.641. The van der Waals surface area contributed by atoms with Gasteiger partial charge in [-0.3, -0.25) is 14.3 Å². The SMILES string of the molecule is Cc1cc(C)n(CCCNC(=O)[C@@]2(C)Oc3ccccc3NC2=O)n1. The maximum Gasteiger partial charge on any atom is 0.278 e. The van der Waals surface area contributed by atoms with E-state index in [0.717, 1.165) is 11.4 Å². The van der Waals surface area contributed by atoms with Gasteiger partial charge in [-0.1, -0.05) is 12.1 Å². The van der Waals surface area contributed by atoms with Gasteiger partial charge >= 0.3 is 0 Å². The predicted molar refractivity (Wildman–Crippen MR) is 93.4 cm³/mol. The van der Waals surface area contributed by atoms with Gasteiger partial charge in [0.2, 0.25) is 0 Å². The highest BCUT2D eigenvalue weighted by atomic mass is 16.5. The summed E-state index contributed by atoms with van der Waals surface area (Å²) in [4.78, 5) is 24.8. The molecule has 132 valence electrons. The van der Waals surface area contributed by atoms with Crippen LogP contribution in [-0.2, 0) is 16.1 Å². The number of hydrogen-bond donors (Lipinski definition) is 2. The van der Waals surface area contributed by atoms with Gasteiger partial charge < -0.3 is 15.4 Å². The number of aromatic nitrogens is 2. The lowest BCUT2D eigenvalue weighted by atomic mass is 10.0. The fourth-order valence-electron chi connectivity index (χ4n) is 2.82. The summed E-state index contributed by atoms with van der Waals surface area (Å²) in [5, 5.41) is 9.89. The Kier molecular flexibility index (Phi) is 4.48. The molecule has 7 nitrogen and oxygen atoms in total. The van der Waals surface area contributed by atoms with Gasteiger partial charge in [-0.15, -0.1) is 0 Å². The maximum atomic E-state index is 12.5. The van der Waals surface area contributed by atoms with Crippen LogP contribution < -0.4 is 15.4 Å². The number of ether oxygens (including phenoxy) is 1. The van der Waals surface area contributed by atoms with Crippen molar-refractivity contribution < 1.29 is 14.3 Å². The first-order valence-electron chi connectivity index (χ1n) is 8.29. The molecule has 2 N–H and O–H groups in total. The number of benzene rings is 1. The molecule has 25 heavy (non-hydrogen) atoms. The van der Waals surface area contributed by atoms with Crippen molar-refractivity contribution in [2.24, 2.45) is 0 Å². The van der Waals surface area contributed by atoms with E-state index in [4.69, 9.17) is 4.74 Å². The summed E-state index contributed by atoms with van der Waals surface area (Å²) in [5.74, 6) is -0.433. The van der Waals surface area contributed by atoms with E-state index in [-0.39, 0.29) is 0 Å². The fourth-order valence-corrected chi connectivity index (χ4v) is 2.82. The zero-order valence-electron chi connectivity index (χ0n) is 14.6. The molecule has 0 fully saturated rings. The van der Waals surface area contributed by atoms with Gasteiger partial charge in [0, 0.05) is 18.8 Å². The highest BCUT2D eigenvalue weighted by Crippen LogP contribution is 2.33. The topological polar surface area (TPSA) is 85.3 Å². The summed E-state index contributed by atoms with van der Waals surface area (Å²) in [6, 6.07) is 9.06. The molecule has 1 aliphatic heterocycles. The minimum absolute atomic E-state index is 0.436. The summed E-state index contributed by atoms with van der Waals surface area (Å²) in [6.07, 6.45) is 0.710. The van der Waals surface area contributed by atoms with Gasteiger partial charge in [0.1, 0.15) is 5.75 Å². The standard InChI is InChI=1S/C18H22N4O3/c1-12-11-13(2)22(21-12)10-6-9-19-16(23)18(3)17(24)20-14-7-4-5-8-15(14)25-18/h4-5,7-8,11H,6,9-10H2,1-3H3,(H,19,23)(H,20,24)/t18-/m1/s1. The minimum atomic E-state index is -1.58. The Labute approximate surface area is 146 Å². The number of para-hydroxylation sites is 2. The van der Waals surface area contributed by atoms with E-state index in [1.165, 1.54) is 6.92 Å². The molecule has 0 bridgehead atoms. The largest absolute Gasteiger partial charge is 0.466 e. The van der Waals surface area contributed by atoms with E-state index in [2.05, 4.69) is 15.7 Å². The first kappa shape index (κ1) is 17.0. The fraction of sp³-hybridized carbons (Fsp3) is 0.389. The Morgan fingerprint density at radius 2 is 2.12 bits per heavy atom. The van der Waals surface area contributed by atoms with Gasteiger partial charge in [-0.05, 0) is 45.4 Å². The predicted octanol–water partition coefficient (Wildman–Crippen LogP) is 1.80. The van der Waals surface area contributed by atoms with Crippen molar-refractivity contribution >= 4 is 17.5 Å². The van der Waals surface area contributed by atoms with Gasteiger partial charge in [0.25, 0.3) is 17.4 Å². The molecule has 0 aliphatic carbocycles. The number of rotatable bonds is 5. The van der Waals surface area contributed by atoms with Crippen LogP contribution in [0.1, 0.15) is 24.7 Å². The van der Waals surface area contributed by atoms with Gasteiger partial charge in [0.15, 0.2) is 0 Å². The van der Waals surface area contributed by atoms with E-state index in [1.54, 1.807) is 24.3 Å². The highest BCUT2D eigenvalue weighted by Gasteiger charge is 2.46. The second kappa shape index (κ2) is 6.58. The molecule has 2 heterocycles. The number of nitrogens with zero attached hydrogens (tertiary/aromatic N) is 2. The van der Waals surface area contributed by atoms with Crippen LogP contribution in [0, 0.1) is 13.8 Å². The number of aryl methyl sites for hydroxylation is 3. The van der Waals surface area contributed by atoms with Crippen LogP contribution in [0.3, 0.4) is 0 Å². The molecular formula is C18H22N4O3. The van der Waals surface area contributed by atoms with Crippen LogP contribution in [0.5, 0.6) is 5.75 Å². The lowest BCUT2D eigenvalue weighted by Gasteiger charge is -2.33. The number of anilines is 1. The van der Waals surface area contributed by atoms with Crippen LogP contribution in [0.25, 0.3) is 0 Å². The molecule has 0 saturated carbocycles. The van der Waals surface area contributed by atoms with Crippen molar-refractivity contribution in [3.05, 3.63) is 41.7 Å². The van der Waals surface area contributed by atoms with Crippen LogP contribution in [0.15, 0.2) is 30.3 Å². The summed E-state index contributed by atoms with van der Waals surface area (Å²) in [5.41, 5.74) is 1.05. The van der Waals surface area contributed by atoms with E-state index >= 15 is 0 Å². The molecule has 1 aromatic heterocycles. The normalized spacial score (nSPS) is 18.9. The zero-order valence-corrected chi connectivity index (χ0v) is 14.6. The van der Waals surface area contributed by atoms with Crippen molar-refractivity contribution in [3.63, 3.8) is 0 Å². The Morgan fingerprint density at radius 3 is 2.84 bits per heavy atom. The Bertz CT molecular complexity index is 814. The van der Waals surface area contributed by atoms with Crippen molar-refractivity contribution in [1.29, 1.82) is 0 Å². The number of amides is 2. The molecule has 0 spiro atoms. The van der Waals surface area contributed by atoms with Crippen LogP contribution in [0.4, 0.5) is 5.69 Å². The molecular weight excluding hydrogens is 320 g/mol. The molecule has 1 aliphatic rings. The number of carbonyl (C=O) groups excluding carboxylic acids is 2. The van der Waals surface area contributed by atoms with E-state index < -0.39 is 17.4 Å². The molecule has 0 radical (unpaired) electrons. The van der Waals surface area contributed by atoms with Crippen LogP contribution in [0.2, 0.25) is 0 Å². The second-order valence-electron chi connectivity index (χ2n) is 6.35. The van der Waals surface area contributed by atoms with Gasteiger partial charge in [-0.25, -0.2) is 0 Å². The summed E-state index contributed by atoms with van der Waals surface area (Å²) >= 11 is 0. The van der Waals surface area contributed by atoms with Crippen molar-refractivity contribution in [2.45, 2.75) is 39.3 Å². The molecule has 2 amide bonds. The maximum absolute atomic E-state index is 12.5. The first-order chi connectivity index (χ1) is 11.9. The van der Waals surface area contributed by atoms with Gasteiger partial charge in [0.05, 0.1) is 11.4 Å². The second-order valence-corrected chi connectivity index (χ2v) is 6.35. The highest BCUT2D eigenvalue weighted by molar-refractivity contribution is 6.15. The molecule has 0 unspecified atom stereocenters. The molecule has 1 atom stereocenters. The number of nitrogens with one attached hydrogen (secondary N) is 2. The Hall–Kier alpha value is -2.83. The van der Waals surface area contributed by atoms with Crippen LogP contribution >= 0.6 is 0 Å². The molecule has 0 saturated heterocycles. The Balaban J connectivity index is 1.57. The molecule has 2 aromatic rings. The Morgan fingerprint density at radius 1 is 1.36 bits per heavy atom. The monoisotopic (exact) mass is 342 g/mol. The average molecular weight is 342 g/mol. The minimum Gasteiger partial charge on any atom is -0.466 e. The zero-order chi connectivity index (χ0) is 18.0. The molecule has 1 aromatic carbocycles. The summed E-state index contributed by atoms with van der Waals surface area (Å²) in [6.45, 7) is 6.56. The first-order valence-corrected chi connectivity index (χ1v) is 8.29. The third-order valence-electron chi connectivity index (χ3n) is 4.25. The third-order valence-corrected chi connectivity index (χ3v) is 4.25. The lowest BCUT2D eigenvalue weighted by Crippen LogP contribution is -2.58. The van der Waals surface area contributed by atoms with E-state index in [1.807, 2.05) is 24.6 Å². The average Bonchev–Trinajstić information content (AvgIpc) is 2.90. The van der Waals surface area contributed by atoms with Crippen LogP contribution in [-0.4, -0.2) is 33.7 Å². The van der Waals surface area contributed by atoms with Crippen molar-refractivity contribution in [1.82, 2.24) is 15.1 Å². The summed E-state index contributed by atoms with van der Waals surface area (Å²) in [7, 11) is 0. The number of carbonyl (C=O) groups is 2. The lowest BCUT2D eigenvalue weighted by molar-refractivity contribution is -0.146. The van der Waals surface area contributed by atoms with E-state index in [9.17, 15) is 9.59 Å². The van der Waals surface area contributed by atoms with Crippen molar-refractivity contribution in [2.75, 3.05) is 11.9 Å². The smallest absolute Gasteiger partial charge is 0.278 e. The van der Waals surface area contributed by atoms with Gasteiger partial charge in [-0.2, -0.15) is 5.10 Å². The molecule has 7 heteroatoms. The number of hydrogen-bond acceptors (Lipinski definition) is 4. The summed E-state index contributed by atoms with van der Waals surface area (Å²) < 4.78 is 7.60.